The van der Waals surface area contributed by atoms with Crippen molar-refractivity contribution < 1.29 is 14.7 Å². The van der Waals surface area contributed by atoms with E-state index in [-0.39, 0.29) is 28.2 Å². The molecule has 1 aliphatic heterocycles. The normalized spacial score (nSPS) is 28.0. The largest absolute Gasteiger partial charge is 0.359 e. The van der Waals surface area contributed by atoms with E-state index in [9.17, 15) is 14.7 Å². The van der Waals surface area contributed by atoms with Gasteiger partial charge in [0.15, 0.2) is 0 Å². The predicted octanol–water partition coefficient (Wildman–Crippen LogP) is 5.13. The van der Waals surface area contributed by atoms with Crippen LogP contribution in [0.2, 0.25) is 10.0 Å². The van der Waals surface area contributed by atoms with Gasteiger partial charge in [-0.1, -0.05) is 68.1 Å². The van der Waals surface area contributed by atoms with Crippen LogP contribution in [0.5, 0.6) is 0 Å². The Morgan fingerprint density at radius 3 is 2.65 bits per heavy atom. The fraction of sp³-hybridized carbons (Fsp3) is 0.391. The number of hydrogen-bond donors (Lipinski definition) is 3. The Bertz CT molecular complexity index is 1030. The molecule has 2 aromatic carbocycles. The molecule has 1 aliphatic carbocycles. The first-order valence-electron chi connectivity index (χ1n) is 10.4. The number of fused-ring (bicyclic) bond motifs is 1. The van der Waals surface area contributed by atoms with Crippen LogP contribution in [0.3, 0.4) is 0 Å². The summed E-state index contributed by atoms with van der Waals surface area (Å²) >= 11 is 12.2. The van der Waals surface area contributed by atoms with Gasteiger partial charge in [-0.25, -0.2) is 4.79 Å². The summed E-state index contributed by atoms with van der Waals surface area (Å²) in [5.74, 6) is 0.0704. The van der Waals surface area contributed by atoms with E-state index in [4.69, 9.17) is 23.2 Å². The van der Waals surface area contributed by atoms with Crippen LogP contribution in [-0.2, 0) is 10.5 Å². The van der Waals surface area contributed by atoms with Crippen molar-refractivity contribution in [1.82, 2.24) is 5.32 Å². The highest BCUT2D eigenvalue weighted by molar-refractivity contribution is 6.42. The Hall–Kier alpha value is -2.28. The number of halogens is 2. The first-order chi connectivity index (χ1) is 14.7. The fourth-order valence-electron chi connectivity index (χ4n) is 4.54. The monoisotopic (exact) mass is 461 g/mol. The van der Waals surface area contributed by atoms with Crippen molar-refractivity contribution in [3.63, 3.8) is 0 Å². The summed E-state index contributed by atoms with van der Waals surface area (Å²) < 4.78 is 0. The van der Waals surface area contributed by atoms with Crippen molar-refractivity contribution >= 4 is 46.5 Å². The van der Waals surface area contributed by atoms with Crippen LogP contribution in [-0.4, -0.2) is 23.1 Å². The lowest BCUT2D eigenvalue weighted by atomic mass is 9.78. The first kappa shape index (κ1) is 21.9. The molecular weight excluding hydrogens is 437 g/mol. The second-order valence-electron chi connectivity index (χ2n) is 8.43. The predicted molar refractivity (Wildman–Crippen MR) is 122 cm³/mol. The van der Waals surface area contributed by atoms with Crippen molar-refractivity contribution in [3.05, 3.63) is 58.1 Å². The van der Waals surface area contributed by atoms with Crippen molar-refractivity contribution in [2.24, 2.45) is 11.8 Å². The zero-order valence-corrected chi connectivity index (χ0v) is 18.9. The Morgan fingerprint density at radius 2 is 1.90 bits per heavy atom. The highest BCUT2D eigenvalue weighted by Crippen LogP contribution is 2.41. The summed E-state index contributed by atoms with van der Waals surface area (Å²) in [6.45, 7) is 4.28. The molecule has 0 radical (unpaired) electrons. The number of benzene rings is 2. The van der Waals surface area contributed by atoms with Gasteiger partial charge in [0, 0.05) is 11.6 Å². The van der Waals surface area contributed by atoms with Crippen LogP contribution in [0.4, 0.5) is 16.2 Å². The Labute approximate surface area is 191 Å². The first-order valence-corrected chi connectivity index (χ1v) is 11.2. The average Bonchev–Trinajstić information content (AvgIpc) is 2.74. The molecule has 8 heteroatoms. The molecule has 0 saturated heterocycles. The number of anilines is 2. The second-order valence-corrected chi connectivity index (χ2v) is 9.24. The number of carbonyl (C=O) groups is 2. The smallest absolute Gasteiger partial charge is 0.329 e. The minimum atomic E-state index is -2.25. The maximum absolute atomic E-state index is 13.6. The molecular formula is C23H25Cl2N3O3. The lowest BCUT2D eigenvalue weighted by Crippen LogP contribution is -2.64. The van der Waals surface area contributed by atoms with Gasteiger partial charge in [0.2, 0.25) is 0 Å². The molecule has 1 fully saturated rings. The van der Waals surface area contributed by atoms with Gasteiger partial charge in [-0.2, -0.15) is 0 Å². The second kappa shape index (κ2) is 8.34. The van der Waals surface area contributed by atoms with Crippen molar-refractivity contribution in [1.29, 1.82) is 0 Å². The quantitative estimate of drug-likeness (QED) is 0.592. The molecule has 6 nitrogen and oxygen atoms in total. The minimum Gasteiger partial charge on any atom is -0.359 e. The van der Waals surface area contributed by atoms with E-state index in [1.807, 2.05) is 0 Å². The van der Waals surface area contributed by atoms with Gasteiger partial charge in [-0.05, 0) is 42.5 Å². The standard InChI is InChI=1S/C23H25Cl2N3O3/c1-13-6-5-9-19(14(13)2)26-21(29)23(31)16-7-3-4-8-20(16)27-22(30)28(23)15-10-11-17(24)18(25)12-15/h3-4,7-8,10-14,19,31H,5-6,9H2,1-2H3,(H,26,29)(H,27,30)/t13-,14+,19+,23-/m1/s1. The molecule has 1 saturated carbocycles. The van der Waals surface area contributed by atoms with E-state index >= 15 is 0 Å². The Kier molecular flexibility index (Phi) is 5.90. The minimum absolute atomic E-state index is 0.0897. The Morgan fingerprint density at radius 1 is 1.16 bits per heavy atom. The summed E-state index contributed by atoms with van der Waals surface area (Å²) in [6.07, 6.45) is 2.94. The van der Waals surface area contributed by atoms with Gasteiger partial charge in [0.25, 0.3) is 11.6 Å². The van der Waals surface area contributed by atoms with Crippen LogP contribution >= 0.6 is 23.2 Å². The van der Waals surface area contributed by atoms with Gasteiger partial charge < -0.3 is 15.7 Å². The van der Waals surface area contributed by atoms with E-state index in [0.29, 0.717) is 16.6 Å². The molecule has 2 aromatic rings. The summed E-state index contributed by atoms with van der Waals surface area (Å²) in [6, 6.07) is 10.5. The number of hydrogen-bond acceptors (Lipinski definition) is 3. The zero-order valence-electron chi connectivity index (χ0n) is 17.4. The van der Waals surface area contributed by atoms with Crippen LogP contribution in [0.15, 0.2) is 42.5 Å². The molecule has 4 rings (SSSR count). The molecule has 31 heavy (non-hydrogen) atoms. The highest BCUT2D eigenvalue weighted by atomic mass is 35.5. The van der Waals surface area contributed by atoms with E-state index in [2.05, 4.69) is 24.5 Å². The van der Waals surface area contributed by atoms with Crippen LogP contribution in [0.25, 0.3) is 0 Å². The van der Waals surface area contributed by atoms with Crippen LogP contribution < -0.4 is 15.5 Å². The van der Waals surface area contributed by atoms with Crippen LogP contribution in [0, 0.1) is 11.8 Å². The van der Waals surface area contributed by atoms with E-state index in [1.165, 1.54) is 12.1 Å². The molecule has 2 aliphatic rings. The van der Waals surface area contributed by atoms with E-state index < -0.39 is 17.7 Å². The van der Waals surface area contributed by atoms with Gasteiger partial charge in [-0.3, -0.25) is 9.69 Å². The summed E-state index contributed by atoms with van der Waals surface area (Å²) in [7, 11) is 0. The summed E-state index contributed by atoms with van der Waals surface area (Å²) in [4.78, 5) is 27.8. The summed E-state index contributed by atoms with van der Waals surface area (Å²) in [5.41, 5.74) is -1.33. The number of rotatable bonds is 3. The number of para-hydroxylation sites is 1. The van der Waals surface area contributed by atoms with Crippen molar-refractivity contribution in [2.75, 3.05) is 10.2 Å². The van der Waals surface area contributed by atoms with Crippen molar-refractivity contribution in [3.8, 4) is 0 Å². The summed E-state index contributed by atoms with van der Waals surface area (Å²) in [5, 5.41) is 18.2. The number of aliphatic hydroxyl groups is 1. The fourth-order valence-corrected chi connectivity index (χ4v) is 4.83. The molecule has 164 valence electrons. The average molecular weight is 462 g/mol. The number of amides is 3. The maximum atomic E-state index is 13.6. The molecule has 0 bridgehead atoms. The topological polar surface area (TPSA) is 81.7 Å². The lowest BCUT2D eigenvalue weighted by molar-refractivity contribution is -0.141. The number of nitrogens with zero attached hydrogens (tertiary/aromatic N) is 1. The lowest BCUT2D eigenvalue weighted by Gasteiger charge is -2.44. The number of nitrogens with one attached hydrogen (secondary N) is 2. The van der Waals surface area contributed by atoms with Gasteiger partial charge in [0.1, 0.15) is 0 Å². The third-order valence-corrected chi connectivity index (χ3v) is 7.31. The molecule has 3 N–H and O–H groups in total. The van der Waals surface area contributed by atoms with Crippen molar-refractivity contribution in [2.45, 2.75) is 44.9 Å². The number of urea groups is 1. The molecule has 4 atom stereocenters. The molecule has 0 spiro atoms. The van der Waals surface area contributed by atoms with Gasteiger partial charge in [-0.15, -0.1) is 0 Å². The number of carbonyl (C=O) groups excluding carboxylic acids is 2. The molecule has 0 aromatic heterocycles. The van der Waals surface area contributed by atoms with E-state index in [0.717, 1.165) is 24.2 Å². The third-order valence-electron chi connectivity index (χ3n) is 6.57. The third kappa shape index (κ3) is 3.77. The highest BCUT2D eigenvalue weighted by Gasteiger charge is 2.52. The van der Waals surface area contributed by atoms with Gasteiger partial charge in [0.05, 0.1) is 21.4 Å². The van der Waals surface area contributed by atoms with Crippen LogP contribution in [0.1, 0.15) is 38.7 Å². The Balaban J connectivity index is 1.79. The SMILES string of the molecule is C[C@H]1[C@H](C)CCC[C@@H]1NC(=O)[C@]1(O)c2ccccc2NC(=O)N1c1ccc(Cl)c(Cl)c1. The van der Waals surface area contributed by atoms with Gasteiger partial charge >= 0.3 is 6.03 Å². The molecule has 1 heterocycles. The molecule has 3 amide bonds. The van der Waals surface area contributed by atoms with E-state index in [1.54, 1.807) is 30.3 Å². The zero-order chi connectivity index (χ0) is 22.3. The molecule has 0 unspecified atom stereocenters. The maximum Gasteiger partial charge on any atom is 0.329 e.